The largest absolute Gasteiger partial charge is 0.465 e. The lowest BCUT2D eigenvalue weighted by atomic mass is 10.1. The van der Waals surface area contributed by atoms with Crippen molar-refractivity contribution in [2.24, 2.45) is 0 Å². The van der Waals surface area contributed by atoms with Crippen LogP contribution in [0.4, 0.5) is 4.39 Å². The second-order valence-electron chi connectivity index (χ2n) is 3.15. The summed E-state index contributed by atoms with van der Waals surface area (Å²) in [6.07, 6.45) is 0. The molecule has 2 aromatic rings. The predicted octanol–water partition coefficient (Wildman–Crippen LogP) is 2.67. The van der Waals surface area contributed by atoms with Crippen LogP contribution in [-0.4, -0.2) is 13.1 Å². The number of hydrogen-bond donors (Lipinski definition) is 0. The molecule has 0 aliphatic heterocycles. The fourth-order valence-electron chi connectivity index (χ4n) is 1.48. The van der Waals surface area contributed by atoms with E-state index in [1.165, 1.54) is 20.1 Å². The van der Waals surface area contributed by atoms with Gasteiger partial charge in [0, 0.05) is 0 Å². The van der Waals surface area contributed by atoms with Gasteiger partial charge in [0.05, 0.1) is 12.5 Å². The Morgan fingerprint density at radius 1 is 1.47 bits per heavy atom. The lowest BCUT2D eigenvalue weighted by molar-refractivity contribution is 0.0601. The monoisotopic (exact) mass is 208 g/mol. The second-order valence-corrected chi connectivity index (χ2v) is 3.15. The number of fused-ring (bicyclic) bond motifs is 1. The number of carbonyl (C=O) groups is 1. The quantitative estimate of drug-likeness (QED) is 0.676. The van der Waals surface area contributed by atoms with Crippen LogP contribution in [0.15, 0.2) is 22.6 Å². The Balaban J connectivity index is 2.77. The Kier molecular flexibility index (Phi) is 2.19. The van der Waals surface area contributed by atoms with E-state index in [4.69, 9.17) is 4.42 Å². The van der Waals surface area contributed by atoms with E-state index in [9.17, 15) is 9.18 Å². The summed E-state index contributed by atoms with van der Waals surface area (Å²) in [4.78, 5) is 11.3. The maximum atomic E-state index is 13.5. The zero-order valence-electron chi connectivity index (χ0n) is 8.33. The zero-order valence-corrected chi connectivity index (χ0v) is 8.33. The average molecular weight is 208 g/mol. The molecular weight excluding hydrogens is 199 g/mol. The summed E-state index contributed by atoms with van der Waals surface area (Å²) in [5.41, 5.74) is 0.473. The number of para-hydroxylation sites is 1. The summed E-state index contributed by atoms with van der Waals surface area (Å²) in [5, 5.41) is 0.301. The van der Waals surface area contributed by atoms with Crippen molar-refractivity contribution in [3.05, 3.63) is 35.3 Å². The molecule has 0 atom stereocenters. The Labute approximate surface area is 85.4 Å². The third kappa shape index (κ3) is 1.38. The molecule has 1 aromatic carbocycles. The van der Waals surface area contributed by atoms with Gasteiger partial charge in [0.2, 0.25) is 0 Å². The molecule has 2 rings (SSSR count). The van der Waals surface area contributed by atoms with E-state index in [1.54, 1.807) is 12.1 Å². The molecule has 1 heterocycles. The minimum atomic E-state index is -0.533. The SMILES string of the molecule is COC(=O)c1cccc2c(F)c(C)oc12. The Bertz CT molecular complexity index is 528. The summed E-state index contributed by atoms with van der Waals surface area (Å²) < 4.78 is 23.2. The van der Waals surface area contributed by atoms with Gasteiger partial charge in [-0.05, 0) is 19.1 Å². The van der Waals surface area contributed by atoms with Crippen molar-refractivity contribution >= 4 is 16.9 Å². The predicted molar refractivity (Wildman–Crippen MR) is 52.2 cm³/mol. The van der Waals surface area contributed by atoms with Crippen LogP contribution in [0.1, 0.15) is 16.1 Å². The standard InChI is InChI=1S/C11H9FO3/c1-6-9(12)7-4-3-5-8(10(7)15-6)11(13)14-2/h3-5H,1-2H3. The van der Waals surface area contributed by atoms with Crippen molar-refractivity contribution in [2.75, 3.05) is 7.11 Å². The van der Waals surface area contributed by atoms with E-state index in [1.807, 2.05) is 0 Å². The molecule has 1 aromatic heterocycles. The van der Waals surface area contributed by atoms with Crippen LogP contribution in [0.2, 0.25) is 0 Å². The molecule has 0 aliphatic rings. The number of methoxy groups -OCH3 is 1. The number of aryl methyl sites for hydroxylation is 1. The highest BCUT2D eigenvalue weighted by atomic mass is 19.1. The lowest BCUT2D eigenvalue weighted by Crippen LogP contribution is -2.00. The maximum Gasteiger partial charge on any atom is 0.341 e. The van der Waals surface area contributed by atoms with Crippen molar-refractivity contribution in [1.82, 2.24) is 0 Å². The van der Waals surface area contributed by atoms with Gasteiger partial charge < -0.3 is 9.15 Å². The smallest absolute Gasteiger partial charge is 0.341 e. The van der Waals surface area contributed by atoms with Crippen LogP contribution in [0.25, 0.3) is 11.0 Å². The highest BCUT2D eigenvalue weighted by Gasteiger charge is 2.17. The number of furan rings is 1. The van der Waals surface area contributed by atoms with Crippen LogP contribution >= 0.6 is 0 Å². The van der Waals surface area contributed by atoms with Crippen molar-refractivity contribution < 1.29 is 18.3 Å². The number of esters is 1. The van der Waals surface area contributed by atoms with E-state index in [2.05, 4.69) is 4.74 Å². The first kappa shape index (κ1) is 9.71. The van der Waals surface area contributed by atoms with Crippen molar-refractivity contribution in [1.29, 1.82) is 0 Å². The van der Waals surface area contributed by atoms with Crippen LogP contribution in [-0.2, 0) is 4.74 Å². The Hall–Kier alpha value is -1.84. The van der Waals surface area contributed by atoms with Gasteiger partial charge in [-0.25, -0.2) is 9.18 Å². The topological polar surface area (TPSA) is 39.4 Å². The molecule has 0 radical (unpaired) electrons. The molecule has 0 saturated carbocycles. The van der Waals surface area contributed by atoms with Gasteiger partial charge in [0.25, 0.3) is 0 Å². The van der Waals surface area contributed by atoms with Gasteiger partial charge in [0.15, 0.2) is 11.4 Å². The molecule has 4 heteroatoms. The van der Waals surface area contributed by atoms with Gasteiger partial charge in [-0.1, -0.05) is 6.07 Å². The minimum Gasteiger partial charge on any atom is -0.465 e. The molecule has 15 heavy (non-hydrogen) atoms. The van der Waals surface area contributed by atoms with E-state index < -0.39 is 11.8 Å². The Morgan fingerprint density at radius 3 is 2.87 bits per heavy atom. The number of benzene rings is 1. The molecule has 0 amide bonds. The number of carbonyl (C=O) groups excluding carboxylic acids is 1. The molecule has 0 spiro atoms. The van der Waals surface area contributed by atoms with Crippen molar-refractivity contribution in [2.45, 2.75) is 6.92 Å². The van der Waals surface area contributed by atoms with E-state index >= 15 is 0 Å². The fraction of sp³-hybridized carbons (Fsp3) is 0.182. The van der Waals surface area contributed by atoms with Crippen molar-refractivity contribution in [3.8, 4) is 0 Å². The zero-order chi connectivity index (χ0) is 11.0. The Morgan fingerprint density at radius 2 is 2.20 bits per heavy atom. The van der Waals surface area contributed by atoms with E-state index in [0.717, 1.165) is 0 Å². The van der Waals surface area contributed by atoms with E-state index in [-0.39, 0.29) is 16.9 Å². The summed E-state index contributed by atoms with van der Waals surface area (Å²) in [6, 6.07) is 4.69. The van der Waals surface area contributed by atoms with Crippen LogP contribution in [0.5, 0.6) is 0 Å². The highest BCUT2D eigenvalue weighted by molar-refractivity contribution is 6.02. The molecule has 0 saturated heterocycles. The molecule has 3 nitrogen and oxygen atoms in total. The average Bonchev–Trinajstić information content (AvgIpc) is 2.54. The fourth-order valence-corrected chi connectivity index (χ4v) is 1.48. The van der Waals surface area contributed by atoms with Crippen LogP contribution < -0.4 is 0 Å². The minimum absolute atomic E-state index is 0.168. The summed E-state index contributed by atoms with van der Waals surface area (Å²) >= 11 is 0. The summed E-state index contributed by atoms with van der Waals surface area (Å²) in [6.45, 7) is 1.51. The van der Waals surface area contributed by atoms with Gasteiger partial charge in [-0.15, -0.1) is 0 Å². The summed E-state index contributed by atoms with van der Waals surface area (Å²) in [7, 11) is 1.27. The van der Waals surface area contributed by atoms with E-state index in [0.29, 0.717) is 5.39 Å². The normalized spacial score (nSPS) is 10.6. The number of rotatable bonds is 1. The molecule has 0 bridgehead atoms. The second kappa shape index (κ2) is 3.38. The molecular formula is C11H9FO3. The highest BCUT2D eigenvalue weighted by Crippen LogP contribution is 2.26. The molecule has 0 unspecified atom stereocenters. The number of ether oxygens (including phenoxy) is 1. The van der Waals surface area contributed by atoms with Crippen LogP contribution in [0.3, 0.4) is 0 Å². The molecule has 0 aliphatic carbocycles. The van der Waals surface area contributed by atoms with Crippen molar-refractivity contribution in [3.63, 3.8) is 0 Å². The maximum absolute atomic E-state index is 13.5. The molecule has 78 valence electrons. The van der Waals surface area contributed by atoms with Gasteiger partial charge in [-0.2, -0.15) is 0 Å². The lowest BCUT2D eigenvalue weighted by Gasteiger charge is -1.98. The third-order valence-electron chi connectivity index (χ3n) is 2.22. The van der Waals surface area contributed by atoms with Gasteiger partial charge in [0.1, 0.15) is 11.3 Å². The summed E-state index contributed by atoms with van der Waals surface area (Å²) in [5.74, 6) is -0.800. The third-order valence-corrected chi connectivity index (χ3v) is 2.22. The van der Waals surface area contributed by atoms with Crippen LogP contribution in [0, 0.1) is 12.7 Å². The first-order valence-corrected chi connectivity index (χ1v) is 4.41. The first-order valence-electron chi connectivity index (χ1n) is 4.41. The first-order chi connectivity index (χ1) is 7.15. The molecule has 0 N–H and O–H groups in total. The number of halogens is 1. The number of hydrogen-bond acceptors (Lipinski definition) is 3. The van der Waals surface area contributed by atoms with Gasteiger partial charge >= 0.3 is 5.97 Å². The molecule has 0 fully saturated rings. The van der Waals surface area contributed by atoms with Gasteiger partial charge in [-0.3, -0.25) is 0 Å².